The molecule has 0 spiro atoms. The van der Waals surface area contributed by atoms with Gasteiger partial charge in [-0.25, -0.2) is 4.79 Å². The molecule has 0 aliphatic heterocycles. The molecule has 1 saturated carbocycles. The normalized spacial score (nSPS) is 16.5. The number of carboxylic acids is 1. The standard InChI is InChI=1S/C16H23NO4/c1-11-14(16(19)20)9-13(21-11)10-17(2)15(18)12-7-5-3-4-6-8-12/h9,12H,3-8,10H2,1-2H3,(H,19,20). The number of carbonyl (C=O) groups is 2. The van der Waals surface area contributed by atoms with Crippen LogP contribution in [0.15, 0.2) is 10.5 Å². The number of hydrogen-bond donors (Lipinski definition) is 1. The fraction of sp³-hybridized carbons (Fsp3) is 0.625. The molecule has 0 saturated heterocycles. The summed E-state index contributed by atoms with van der Waals surface area (Å²) in [5.74, 6) is 0.151. The topological polar surface area (TPSA) is 70.8 Å². The van der Waals surface area contributed by atoms with Crippen LogP contribution in [0.5, 0.6) is 0 Å². The van der Waals surface area contributed by atoms with E-state index in [-0.39, 0.29) is 17.4 Å². The third-order valence-corrected chi connectivity index (χ3v) is 4.17. The first-order chi connectivity index (χ1) is 9.99. The van der Waals surface area contributed by atoms with Gasteiger partial charge in [0.05, 0.1) is 6.54 Å². The van der Waals surface area contributed by atoms with Gasteiger partial charge in [0.2, 0.25) is 5.91 Å². The molecule has 21 heavy (non-hydrogen) atoms. The Balaban J connectivity index is 1.99. The Hall–Kier alpha value is -1.78. The summed E-state index contributed by atoms with van der Waals surface area (Å²) in [6.45, 7) is 1.95. The van der Waals surface area contributed by atoms with Crippen LogP contribution in [-0.2, 0) is 11.3 Å². The van der Waals surface area contributed by atoms with E-state index in [9.17, 15) is 9.59 Å². The molecule has 0 bridgehead atoms. The number of aromatic carboxylic acids is 1. The summed E-state index contributed by atoms with van der Waals surface area (Å²) in [6.07, 6.45) is 6.59. The maximum atomic E-state index is 12.4. The average Bonchev–Trinajstić information content (AvgIpc) is 2.66. The summed E-state index contributed by atoms with van der Waals surface area (Å²) in [6, 6.07) is 1.51. The van der Waals surface area contributed by atoms with Crippen molar-refractivity contribution in [2.24, 2.45) is 5.92 Å². The Morgan fingerprint density at radius 1 is 1.29 bits per heavy atom. The Labute approximate surface area is 124 Å². The number of furan rings is 1. The molecule has 0 atom stereocenters. The summed E-state index contributed by atoms with van der Waals surface area (Å²) in [7, 11) is 1.76. The molecule has 1 aliphatic rings. The molecule has 1 fully saturated rings. The zero-order chi connectivity index (χ0) is 15.4. The smallest absolute Gasteiger partial charge is 0.339 e. The highest BCUT2D eigenvalue weighted by molar-refractivity contribution is 5.88. The van der Waals surface area contributed by atoms with E-state index in [2.05, 4.69) is 0 Å². The van der Waals surface area contributed by atoms with Crippen LogP contribution in [0.1, 0.15) is 60.4 Å². The molecule has 1 aromatic heterocycles. The quantitative estimate of drug-likeness (QED) is 0.865. The van der Waals surface area contributed by atoms with Crippen LogP contribution >= 0.6 is 0 Å². The number of carbonyl (C=O) groups excluding carboxylic acids is 1. The van der Waals surface area contributed by atoms with E-state index in [1.807, 2.05) is 0 Å². The monoisotopic (exact) mass is 293 g/mol. The van der Waals surface area contributed by atoms with E-state index < -0.39 is 5.97 Å². The molecule has 1 amide bonds. The maximum Gasteiger partial charge on any atom is 0.339 e. The predicted molar refractivity (Wildman–Crippen MR) is 78.1 cm³/mol. The van der Waals surface area contributed by atoms with Gasteiger partial charge in [0.15, 0.2) is 0 Å². The largest absolute Gasteiger partial charge is 0.478 e. The van der Waals surface area contributed by atoms with E-state index in [0.29, 0.717) is 18.1 Å². The lowest BCUT2D eigenvalue weighted by Gasteiger charge is -2.22. The third-order valence-electron chi connectivity index (χ3n) is 4.17. The summed E-state index contributed by atoms with van der Waals surface area (Å²) in [5.41, 5.74) is 0.167. The summed E-state index contributed by atoms with van der Waals surface area (Å²) in [5, 5.41) is 9.02. The van der Waals surface area contributed by atoms with Crippen molar-refractivity contribution in [3.63, 3.8) is 0 Å². The van der Waals surface area contributed by atoms with Crippen molar-refractivity contribution >= 4 is 11.9 Å². The zero-order valence-corrected chi connectivity index (χ0v) is 12.7. The van der Waals surface area contributed by atoms with Crippen LogP contribution in [0.25, 0.3) is 0 Å². The van der Waals surface area contributed by atoms with Gasteiger partial charge < -0.3 is 14.4 Å². The Morgan fingerprint density at radius 2 is 1.90 bits per heavy atom. The highest BCUT2D eigenvalue weighted by Gasteiger charge is 2.24. The van der Waals surface area contributed by atoms with Crippen LogP contribution in [0.2, 0.25) is 0 Å². The highest BCUT2D eigenvalue weighted by atomic mass is 16.4. The number of amides is 1. The average molecular weight is 293 g/mol. The number of carboxylic acid groups (broad SMARTS) is 1. The Bertz CT molecular complexity index is 512. The maximum absolute atomic E-state index is 12.4. The zero-order valence-electron chi connectivity index (χ0n) is 12.7. The number of rotatable bonds is 4. The van der Waals surface area contributed by atoms with Crippen molar-refractivity contribution in [3.8, 4) is 0 Å². The highest BCUT2D eigenvalue weighted by Crippen LogP contribution is 2.25. The van der Waals surface area contributed by atoms with Crippen LogP contribution < -0.4 is 0 Å². The molecule has 1 aromatic rings. The summed E-state index contributed by atoms with van der Waals surface area (Å²) >= 11 is 0. The fourth-order valence-corrected chi connectivity index (χ4v) is 2.98. The van der Waals surface area contributed by atoms with Crippen LogP contribution in [0, 0.1) is 12.8 Å². The molecule has 1 N–H and O–H groups in total. The lowest BCUT2D eigenvalue weighted by Crippen LogP contribution is -2.32. The van der Waals surface area contributed by atoms with Crippen molar-refractivity contribution in [2.75, 3.05) is 7.05 Å². The Morgan fingerprint density at radius 3 is 2.43 bits per heavy atom. The van der Waals surface area contributed by atoms with Crippen molar-refractivity contribution in [2.45, 2.75) is 52.0 Å². The Kier molecular flexibility index (Phi) is 5.04. The minimum atomic E-state index is -1.000. The molecule has 116 valence electrons. The van der Waals surface area contributed by atoms with Gasteiger partial charge in [-0.1, -0.05) is 25.7 Å². The first-order valence-electron chi connectivity index (χ1n) is 7.56. The number of hydrogen-bond acceptors (Lipinski definition) is 3. The molecule has 0 radical (unpaired) electrons. The lowest BCUT2D eigenvalue weighted by molar-refractivity contribution is -0.135. The van der Waals surface area contributed by atoms with Crippen molar-refractivity contribution in [1.82, 2.24) is 4.90 Å². The molecule has 0 aromatic carbocycles. The van der Waals surface area contributed by atoms with Crippen LogP contribution in [0.4, 0.5) is 0 Å². The predicted octanol–water partition coefficient (Wildman–Crippen LogP) is 3.22. The van der Waals surface area contributed by atoms with Gasteiger partial charge in [-0.3, -0.25) is 4.79 Å². The summed E-state index contributed by atoms with van der Waals surface area (Å²) in [4.78, 5) is 25.1. The molecule has 1 heterocycles. The molecule has 5 nitrogen and oxygen atoms in total. The number of nitrogens with zero attached hydrogens (tertiary/aromatic N) is 1. The van der Waals surface area contributed by atoms with E-state index in [1.54, 1.807) is 18.9 Å². The van der Waals surface area contributed by atoms with Gasteiger partial charge in [0.1, 0.15) is 17.1 Å². The first-order valence-corrected chi connectivity index (χ1v) is 7.56. The molecule has 5 heteroatoms. The molecular formula is C16H23NO4. The molecule has 0 unspecified atom stereocenters. The first kappa shape index (κ1) is 15.6. The second kappa shape index (κ2) is 6.78. The van der Waals surface area contributed by atoms with Gasteiger partial charge >= 0.3 is 5.97 Å². The minimum Gasteiger partial charge on any atom is -0.478 e. The SMILES string of the molecule is Cc1oc(CN(C)C(=O)C2CCCCCC2)cc1C(=O)O. The molecule has 1 aliphatic carbocycles. The second-order valence-electron chi connectivity index (χ2n) is 5.87. The van der Waals surface area contributed by atoms with Gasteiger partial charge in [-0.05, 0) is 25.8 Å². The van der Waals surface area contributed by atoms with E-state index in [1.165, 1.54) is 18.9 Å². The number of aryl methyl sites for hydroxylation is 1. The van der Waals surface area contributed by atoms with Crippen molar-refractivity contribution < 1.29 is 19.1 Å². The fourth-order valence-electron chi connectivity index (χ4n) is 2.98. The van der Waals surface area contributed by atoms with Crippen molar-refractivity contribution in [1.29, 1.82) is 0 Å². The minimum absolute atomic E-state index is 0.104. The summed E-state index contributed by atoms with van der Waals surface area (Å²) < 4.78 is 5.43. The second-order valence-corrected chi connectivity index (χ2v) is 5.87. The van der Waals surface area contributed by atoms with Gasteiger partial charge in [-0.2, -0.15) is 0 Å². The van der Waals surface area contributed by atoms with E-state index in [0.717, 1.165) is 25.7 Å². The van der Waals surface area contributed by atoms with Crippen LogP contribution in [-0.4, -0.2) is 28.9 Å². The van der Waals surface area contributed by atoms with E-state index in [4.69, 9.17) is 9.52 Å². The van der Waals surface area contributed by atoms with Gasteiger partial charge in [0.25, 0.3) is 0 Å². The lowest BCUT2D eigenvalue weighted by atomic mass is 9.99. The van der Waals surface area contributed by atoms with Gasteiger partial charge in [0, 0.05) is 13.0 Å². The van der Waals surface area contributed by atoms with Crippen LogP contribution in [0.3, 0.4) is 0 Å². The third kappa shape index (κ3) is 3.86. The molecular weight excluding hydrogens is 270 g/mol. The van der Waals surface area contributed by atoms with E-state index >= 15 is 0 Å². The van der Waals surface area contributed by atoms with Gasteiger partial charge in [-0.15, -0.1) is 0 Å². The van der Waals surface area contributed by atoms with Crippen molar-refractivity contribution in [3.05, 3.63) is 23.2 Å². The molecule has 2 rings (SSSR count).